The van der Waals surface area contributed by atoms with E-state index in [1.807, 2.05) is 24.3 Å². The van der Waals surface area contributed by atoms with Gasteiger partial charge in [0.05, 0.1) is 0 Å². The smallest absolute Gasteiger partial charge is 0.221 e. The molecule has 0 aliphatic carbocycles. The molecule has 0 spiro atoms. The van der Waals surface area contributed by atoms with E-state index in [0.717, 1.165) is 30.7 Å². The summed E-state index contributed by atoms with van der Waals surface area (Å²) in [6.07, 6.45) is 3.09. The number of benzene rings is 1. The maximum atomic E-state index is 10.8. The number of thioether (sulfide) groups is 1. The van der Waals surface area contributed by atoms with Crippen LogP contribution in [0.5, 0.6) is 0 Å². The van der Waals surface area contributed by atoms with E-state index in [2.05, 4.69) is 5.32 Å². The fourth-order valence-corrected chi connectivity index (χ4v) is 2.33. The number of hydrogen-bond donors (Lipinski definition) is 2. The molecule has 0 aliphatic rings. The van der Waals surface area contributed by atoms with E-state index in [-0.39, 0.29) is 12.5 Å². The van der Waals surface area contributed by atoms with Crippen LogP contribution in [-0.2, 0) is 4.79 Å². The van der Waals surface area contributed by atoms with Gasteiger partial charge in [0.2, 0.25) is 5.91 Å². The lowest BCUT2D eigenvalue weighted by Crippen LogP contribution is -2.05. The summed E-state index contributed by atoms with van der Waals surface area (Å²) >= 11 is 1.80. The van der Waals surface area contributed by atoms with Gasteiger partial charge in [-0.2, -0.15) is 0 Å². The summed E-state index contributed by atoms with van der Waals surface area (Å²) in [4.78, 5) is 12.0. The van der Waals surface area contributed by atoms with Crippen LogP contribution in [0.3, 0.4) is 0 Å². The van der Waals surface area contributed by atoms with E-state index in [9.17, 15) is 4.79 Å². The molecule has 0 heterocycles. The van der Waals surface area contributed by atoms with E-state index in [1.54, 1.807) is 11.8 Å². The number of anilines is 1. The van der Waals surface area contributed by atoms with Gasteiger partial charge in [-0.1, -0.05) is 6.42 Å². The van der Waals surface area contributed by atoms with Crippen molar-refractivity contribution in [2.45, 2.75) is 31.1 Å². The topological polar surface area (TPSA) is 49.3 Å². The van der Waals surface area contributed by atoms with Crippen LogP contribution in [0.2, 0.25) is 0 Å². The maximum Gasteiger partial charge on any atom is 0.221 e. The first-order valence-electron chi connectivity index (χ1n) is 5.83. The van der Waals surface area contributed by atoms with Crippen molar-refractivity contribution in [2.75, 3.05) is 17.7 Å². The van der Waals surface area contributed by atoms with Gasteiger partial charge in [-0.15, -0.1) is 11.8 Å². The molecule has 4 heteroatoms. The fourth-order valence-electron chi connectivity index (χ4n) is 1.42. The number of aliphatic hydroxyl groups is 1. The van der Waals surface area contributed by atoms with Crippen molar-refractivity contribution < 1.29 is 9.90 Å². The van der Waals surface area contributed by atoms with Gasteiger partial charge < -0.3 is 10.4 Å². The maximum absolute atomic E-state index is 10.8. The van der Waals surface area contributed by atoms with Gasteiger partial charge in [0, 0.05) is 24.1 Å². The van der Waals surface area contributed by atoms with Gasteiger partial charge in [0.25, 0.3) is 0 Å². The number of aliphatic hydroxyl groups excluding tert-OH is 1. The first-order valence-corrected chi connectivity index (χ1v) is 6.82. The molecule has 0 fully saturated rings. The Balaban J connectivity index is 2.28. The van der Waals surface area contributed by atoms with Crippen LogP contribution >= 0.6 is 11.8 Å². The Morgan fingerprint density at radius 1 is 1.24 bits per heavy atom. The van der Waals surface area contributed by atoms with Crippen molar-refractivity contribution in [3.63, 3.8) is 0 Å². The lowest BCUT2D eigenvalue weighted by Gasteiger charge is -2.04. The fraction of sp³-hybridized carbons (Fsp3) is 0.462. The average molecular weight is 253 g/mol. The van der Waals surface area contributed by atoms with Gasteiger partial charge in [-0.3, -0.25) is 4.79 Å². The van der Waals surface area contributed by atoms with E-state index in [0.29, 0.717) is 0 Å². The van der Waals surface area contributed by atoms with Crippen LogP contribution in [0.4, 0.5) is 5.69 Å². The highest BCUT2D eigenvalue weighted by Gasteiger charge is 1.97. The first-order chi connectivity index (χ1) is 8.22. The zero-order valence-electron chi connectivity index (χ0n) is 10.1. The van der Waals surface area contributed by atoms with E-state index >= 15 is 0 Å². The molecular formula is C13H19NO2S. The van der Waals surface area contributed by atoms with Gasteiger partial charge in [-0.25, -0.2) is 0 Å². The van der Waals surface area contributed by atoms with Crippen LogP contribution in [0.25, 0.3) is 0 Å². The monoisotopic (exact) mass is 253 g/mol. The van der Waals surface area contributed by atoms with E-state index in [4.69, 9.17) is 5.11 Å². The average Bonchev–Trinajstić information content (AvgIpc) is 2.30. The molecule has 0 aliphatic heterocycles. The molecule has 0 saturated carbocycles. The Bertz CT molecular complexity index is 338. The molecule has 0 radical (unpaired) electrons. The number of nitrogens with one attached hydrogen (secondary N) is 1. The van der Waals surface area contributed by atoms with Crippen molar-refractivity contribution in [1.29, 1.82) is 0 Å². The highest BCUT2D eigenvalue weighted by molar-refractivity contribution is 7.99. The third-order valence-corrected chi connectivity index (χ3v) is 3.34. The zero-order chi connectivity index (χ0) is 12.5. The highest BCUT2D eigenvalue weighted by atomic mass is 32.2. The summed E-state index contributed by atoms with van der Waals surface area (Å²) in [5, 5.41) is 11.4. The third kappa shape index (κ3) is 6.34. The molecule has 0 bridgehead atoms. The van der Waals surface area contributed by atoms with E-state index in [1.165, 1.54) is 11.8 Å². The predicted octanol–water partition coefficient (Wildman–Crippen LogP) is 2.90. The van der Waals surface area contributed by atoms with Crippen LogP contribution < -0.4 is 5.32 Å². The molecule has 1 aromatic carbocycles. The van der Waals surface area contributed by atoms with Gasteiger partial charge in [0.15, 0.2) is 0 Å². The summed E-state index contributed by atoms with van der Waals surface area (Å²) in [5.41, 5.74) is 0.835. The zero-order valence-corrected chi connectivity index (χ0v) is 10.9. The largest absolute Gasteiger partial charge is 0.396 e. The molecule has 0 saturated heterocycles. The van der Waals surface area contributed by atoms with Crippen molar-refractivity contribution in [3.8, 4) is 0 Å². The number of carbonyl (C=O) groups excluding carboxylic acids is 1. The summed E-state index contributed by atoms with van der Waals surface area (Å²) in [6.45, 7) is 1.79. The quantitative estimate of drug-likeness (QED) is 0.580. The molecule has 0 unspecified atom stereocenters. The molecular weight excluding hydrogens is 234 g/mol. The normalized spacial score (nSPS) is 10.2. The van der Waals surface area contributed by atoms with Gasteiger partial charge >= 0.3 is 0 Å². The van der Waals surface area contributed by atoms with Gasteiger partial charge in [-0.05, 0) is 42.9 Å². The molecule has 17 heavy (non-hydrogen) atoms. The van der Waals surface area contributed by atoms with Crippen molar-refractivity contribution in [2.24, 2.45) is 0 Å². The summed E-state index contributed by atoms with van der Waals surface area (Å²) < 4.78 is 0. The highest BCUT2D eigenvalue weighted by Crippen LogP contribution is 2.21. The number of unbranched alkanes of at least 4 members (excludes halogenated alkanes) is 2. The predicted molar refractivity (Wildman–Crippen MR) is 72.4 cm³/mol. The molecule has 1 rings (SSSR count). The second kappa shape index (κ2) is 8.14. The van der Waals surface area contributed by atoms with Crippen LogP contribution in [0.15, 0.2) is 29.2 Å². The summed E-state index contributed by atoms with van der Waals surface area (Å²) in [7, 11) is 0. The summed E-state index contributed by atoms with van der Waals surface area (Å²) in [5.74, 6) is 1.02. The molecule has 0 atom stereocenters. The Morgan fingerprint density at radius 3 is 2.53 bits per heavy atom. The molecule has 1 amide bonds. The van der Waals surface area contributed by atoms with Crippen LogP contribution in [-0.4, -0.2) is 23.4 Å². The minimum Gasteiger partial charge on any atom is -0.396 e. The Labute approximate surface area is 107 Å². The Morgan fingerprint density at radius 2 is 1.94 bits per heavy atom. The number of carbonyl (C=O) groups is 1. The standard InChI is InChI=1S/C13H19NO2S/c1-11(16)14-12-5-7-13(8-6-12)17-10-4-2-3-9-15/h5-8,15H,2-4,9-10H2,1H3,(H,14,16). The molecule has 2 N–H and O–H groups in total. The Kier molecular flexibility index (Phi) is 6.74. The minimum absolute atomic E-state index is 0.0468. The SMILES string of the molecule is CC(=O)Nc1ccc(SCCCCCO)cc1. The molecule has 3 nitrogen and oxygen atoms in total. The van der Waals surface area contributed by atoms with Gasteiger partial charge in [0.1, 0.15) is 0 Å². The molecule has 1 aromatic rings. The van der Waals surface area contributed by atoms with Crippen LogP contribution in [0, 0.1) is 0 Å². The number of hydrogen-bond acceptors (Lipinski definition) is 3. The second-order valence-corrected chi connectivity index (χ2v) is 5.01. The van der Waals surface area contributed by atoms with Crippen molar-refractivity contribution in [1.82, 2.24) is 0 Å². The second-order valence-electron chi connectivity index (χ2n) is 3.84. The lowest BCUT2D eigenvalue weighted by molar-refractivity contribution is -0.114. The number of amides is 1. The van der Waals surface area contributed by atoms with Crippen molar-refractivity contribution in [3.05, 3.63) is 24.3 Å². The summed E-state index contributed by atoms with van der Waals surface area (Å²) in [6, 6.07) is 7.86. The molecule has 94 valence electrons. The Hall–Kier alpha value is -1.00. The van der Waals surface area contributed by atoms with Crippen LogP contribution in [0.1, 0.15) is 26.2 Å². The van der Waals surface area contributed by atoms with Crippen molar-refractivity contribution >= 4 is 23.4 Å². The first kappa shape index (κ1) is 14.1. The molecule has 0 aromatic heterocycles. The third-order valence-electron chi connectivity index (χ3n) is 2.25. The number of rotatable bonds is 7. The lowest BCUT2D eigenvalue weighted by atomic mass is 10.3. The minimum atomic E-state index is -0.0468. The van der Waals surface area contributed by atoms with E-state index < -0.39 is 0 Å².